The molecule has 18 heavy (non-hydrogen) atoms. The Bertz CT molecular complexity index is 433. The SMILES string of the molecule is Nc1ccc(N2C3CC2CN(C2COC2)C3)cn1. The van der Waals surface area contributed by atoms with Crippen molar-refractivity contribution >= 4 is 11.5 Å². The molecular formula is C13H18N4O. The zero-order valence-electron chi connectivity index (χ0n) is 10.3. The highest BCUT2D eigenvalue weighted by Gasteiger charge is 2.47. The Kier molecular flexibility index (Phi) is 2.25. The number of piperidine rings is 1. The van der Waals surface area contributed by atoms with E-state index in [9.17, 15) is 0 Å². The van der Waals surface area contributed by atoms with E-state index in [0.717, 1.165) is 26.3 Å². The molecule has 0 saturated carbocycles. The molecule has 4 saturated heterocycles. The predicted octanol–water partition coefficient (Wildman–Crippen LogP) is 0.325. The number of rotatable bonds is 2. The highest BCUT2D eigenvalue weighted by Crippen LogP contribution is 2.37. The van der Waals surface area contributed by atoms with Crippen LogP contribution in [0.1, 0.15) is 6.42 Å². The summed E-state index contributed by atoms with van der Waals surface area (Å²) in [6.07, 6.45) is 3.21. The number of nitrogens with zero attached hydrogens (tertiary/aromatic N) is 3. The first-order valence-electron chi connectivity index (χ1n) is 6.63. The second-order valence-electron chi connectivity index (χ2n) is 5.54. The van der Waals surface area contributed by atoms with Gasteiger partial charge in [-0.15, -0.1) is 0 Å². The molecule has 5 heteroatoms. The molecule has 1 aromatic rings. The molecule has 0 amide bonds. The zero-order valence-corrected chi connectivity index (χ0v) is 10.3. The monoisotopic (exact) mass is 246 g/mol. The second kappa shape index (κ2) is 3.83. The molecule has 0 aromatic carbocycles. The summed E-state index contributed by atoms with van der Waals surface area (Å²) >= 11 is 0. The van der Waals surface area contributed by atoms with Gasteiger partial charge in [0.2, 0.25) is 0 Å². The van der Waals surface area contributed by atoms with Crippen molar-refractivity contribution in [1.29, 1.82) is 0 Å². The van der Waals surface area contributed by atoms with Crippen molar-refractivity contribution in [2.45, 2.75) is 24.5 Å². The van der Waals surface area contributed by atoms with Crippen molar-refractivity contribution in [3.63, 3.8) is 0 Å². The molecule has 2 N–H and O–H groups in total. The third-order valence-corrected chi connectivity index (χ3v) is 4.43. The molecule has 2 atom stereocenters. The van der Waals surface area contributed by atoms with Gasteiger partial charge in [0.25, 0.3) is 0 Å². The first-order chi connectivity index (χ1) is 8.81. The smallest absolute Gasteiger partial charge is 0.123 e. The number of pyridine rings is 1. The molecule has 4 aliphatic rings. The molecule has 5 nitrogen and oxygen atoms in total. The molecule has 4 fully saturated rings. The average Bonchev–Trinajstić information content (AvgIpc) is 2.30. The van der Waals surface area contributed by atoms with Crippen molar-refractivity contribution in [2.75, 3.05) is 36.9 Å². The maximum atomic E-state index is 5.64. The number of hydrogen-bond donors (Lipinski definition) is 1. The number of piperazine rings is 1. The summed E-state index contributed by atoms with van der Waals surface area (Å²) in [6, 6.07) is 5.94. The lowest BCUT2D eigenvalue weighted by Crippen LogP contribution is -2.72. The van der Waals surface area contributed by atoms with Crippen molar-refractivity contribution in [3.05, 3.63) is 18.3 Å². The van der Waals surface area contributed by atoms with Crippen LogP contribution in [0.25, 0.3) is 0 Å². The van der Waals surface area contributed by atoms with Crippen LogP contribution in [0.15, 0.2) is 18.3 Å². The molecule has 5 rings (SSSR count). The van der Waals surface area contributed by atoms with Gasteiger partial charge in [0.15, 0.2) is 0 Å². The molecule has 0 radical (unpaired) electrons. The Hall–Kier alpha value is -1.33. The molecule has 1 aromatic heterocycles. The van der Waals surface area contributed by atoms with E-state index in [-0.39, 0.29) is 0 Å². The summed E-state index contributed by atoms with van der Waals surface area (Å²) in [5.41, 5.74) is 6.86. The molecule has 0 spiro atoms. The van der Waals surface area contributed by atoms with Gasteiger partial charge < -0.3 is 15.4 Å². The van der Waals surface area contributed by atoms with Gasteiger partial charge in [-0.05, 0) is 18.6 Å². The number of aromatic nitrogens is 1. The summed E-state index contributed by atoms with van der Waals surface area (Å²) in [5, 5.41) is 0. The Morgan fingerprint density at radius 1 is 1.17 bits per heavy atom. The van der Waals surface area contributed by atoms with Gasteiger partial charge in [-0.25, -0.2) is 4.98 Å². The van der Waals surface area contributed by atoms with E-state index < -0.39 is 0 Å². The van der Waals surface area contributed by atoms with Gasteiger partial charge in [-0.1, -0.05) is 0 Å². The number of nitrogen functional groups attached to an aromatic ring is 1. The van der Waals surface area contributed by atoms with Crippen molar-refractivity contribution in [2.24, 2.45) is 0 Å². The van der Waals surface area contributed by atoms with Gasteiger partial charge in [-0.3, -0.25) is 4.90 Å². The Morgan fingerprint density at radius 2 is 1.94 bits per heavy atom. The van der Waals surface area contributed by atoms with E-state index in [0.29, 0.717) is 23.9 Å². The minimum Gasteiger partial charge on any atom is -0.384 e. The maximum Gasteiger partial charge on any atom is 0.123 e. The molecule has 4 aliphatic heterocycles. The van der Waals surface area contributed by atoms with Gasteiger partial charge in [-0.2, -0.15) is 0 Å². The Labute approximate surface area is 107 Å². The minimum absolute atomic E-state index is 0.595. The lowest BCUT2D eigenvalue weighted by Gasteiger charge is -2.59. The molecule has 96 valence electrons. The first-order valence-corrected chi connectivity index (χ1v) is 6.63. The van der Waals surface area contributed by atoms with E-state index in [1.165, 1.54) is 12.1 Å². The van der Waals surface area contributed by atoms with Crippen molar-refractivity contribution in [3.8, 4) is 0 Å². The van der Waals surface area contributed by atoms with Crippen LogP contribution in [0.4, 0.5) is 11.5 Å². The molecular weight excluding hydrogens is 228 g/mol. The van der Waals surface area contributed by atoms with Crippen LogP contribution in [-0.2, 0) is 4.74 Å². The van der Waals surface area contributed by atoms with Crippen LogP contribution in [0.5, 0.6) is 0 Å². The summed E-state index contributed by atoms with van der Waals surface area (Å²) in [4.78, 5) is 9.28. The van der Waals surface area contributed by atoms with Gasteiger partial charge in [0, 0.05) is 25.2 Å². The fourth-order valence-corrected chi connectivity index (χ4v) is 3.35. The van der Waals surface area contributed by atoms with E-state index in [1.807, 2.05) is 12.3 Å². The first kappa shape index (κ1) is 10.6. The maximum absolute atomic E-state index is 5.64. The normalized spacial score (nSPS) is 31.9. The lowest BCUT2D eigenvalue weighted by atomic mass is 9.86. The summed E-state index contributed by atoms with van der Waals surface area (Å²) in [6.45, 7) is 4.16. The number of hydrogen-bond acceptors (Lipinski definition) is 5. The van der Waals surface area contributed by atoms with Crippen LogP contribution in [0, 0.1) is 0 Å². The van der Waals surface area contributed by atoms with Crippen LogP contribution >= 0.6 is 0 Å². The fourth-order valence-electron chi connectivity index (χ4n) is 3.35. The molecule has 0 aliphatic carbocycles. The summed E-state index contributed by atoms with van der Waals surface area (Å²) in [7, 11) is 0. The van der Waals surface area contributed by atoms with Crippen LogP contribution in [0.3, 0.4) is 0 Å². The second-order valence-corrected chi connectivity index (χ2v) is 5.54. The average molecular weight is 246 g/mol. The van der Waals surface area contributed by atoms with Gasteiger partial charge >= 0.3 is 0 Å². The van der Waals surface area contributed by atoms with E-state index in [2.05, 4.69) is 20.9 Å². The Balaban J connectivity index is 1.48. The van der Waals surface area contributed by atoms with E-state index >= 15 is 0 Å². The quantitative estimate of drug-likeness (QED) is 0.815. The largest absolute Gasteiger partial charge is 0.384 e. The number of fused-ring (bicyclic) bond motifs is 2. The molecule has 2 bridgehead atoms. The highest BCUT2D eigenvalue weighted by molar-refractivity contribution is 5.53. The number of nitrogens with two attached hydrogens (primary N) is 1. The minimum atomic E-state index is 0.595. The molecule has 5 heterocycles. The lowest BCUT2D eigenvalue weighted by molar-refractivity contribution is -0.0846. The third-order valence-electron chi connectivity index (χ3n) is 4.43. The Morgan fingerprint density at radius 3 is 2.50 bits per heavy atom. The van der Waals surface area contributed by atoms with E-state index in [1.54, 1.807) is 0 Å². The van der Waals surface area contributed by atoms with E-state index in [4.69, 9.17) is 10.5 Å². The summed E-state index contributed by atoms with van der Waals surface area (Å²) in [5.74, 6) is 0.595. The number of anilines is 2. The van der Waals surface area contributed by atoms with Crippen LogP contribution in [-0.4, -0.2) is 54.3 Å². The van der Waals surface area contributed by atoms with Crippen LogP contribution < -0.4 is 10.6 Å². The predicted molar refractivity (Wildman–Crippen MR) is 69.5 cm³/mol. The standard InChI is InChI=1S/C13H18N4O/c14-13-2-1-9(4-15-13)17-10-3-11(17)6-16(5-10)12-7-18-8-12/h1-2,4,10-12H,3,5-8H2,(H2,14,15). The van der Waals surface area contributed by atoms with Crippen LogP contribution in [0.2, 0.25) is 0 Å². The summed E-state index contributed by atoms with van der Waals surface area (Å²) < 4.78 is 5.28. The fraction of sp³-hybridized carbons (Fsp3) is 0.615. The highest BCUT2D eigenvalue weighted by atomic mass is 16.5. The van der Waals surface area contributed by atoms with Gasteiger partial charge in [0.1, 0.15) is 5.82 Å². The van der Waals surface area contributed by atoms with Crippen molar-refractivity contribution < 1.29 is 4.74 Å². The third kappa shape index (κ3) is 1.51. The molecule has 2 unspecified atom stereocenters. The van der Waals surface area contributed by atoms with Crippen molar-refractivity contribution in [1.82, 2.24) is 9.88 Å². The zero-order chi connectivity index (χ0) is 12.1. The topological polar surface area (TPSA) is 54.6 Å². The van der Waals surface area contributed by atoms with Gasteiger partial charge in [0.05, 0.1) is 31.1 Å². The number of ether oxygens (including phenoxy) is 1.